The highest BCUT2D eigenvalue weighted by Gasteiger charge is 2.60. The third-order valence-electron chi connectivity index (χ3n) is 11.1. The maximum atomic E-state index is 14.3. The molecule has 0 N–H and O–H groups in total. The quantitative estimate of drug-likeness (QED) is 0.308. The molecule has 0 aromatic rings. The number of esters is 1. The maximum absolute atomic E-state index is 14.3. The molecule has 9 nitrogen and oxygen atoms in total. The van der Waals surface area contributed by atoms with Crippen molar-refractivity contribution in [1.29, 1.82) is 0 Å². The van der Waals surface area contributed by atoms with Crippen LogP contribution in [-0.2, 0) is 28.7 Å². The van der Waals surface area contributed by atoms with Crippen molar-refractivity contribution < 1.29 is 28.7 Å². The maximum Gasteiger partial charge on any atom is 0.320 e. The SMILES string of the molecule is COC(=O)[C@]12C[C@H](CC(=O)N3CCN(C(=O)C4CC4)CC3)C(=O)N(CCC3=CCCCC3)C1=C[C@H](C1CCCC1)O[C@@H]2C. The second kappa shape index (κ2) is 12.7. The lowest BCUT2D eigenvalue weighted by atomic mass is 9.66. The number of allylic oxidation sites excluding steroid dienone is 1. The van der Waals surface area contributed by atoms with Gasteiger partial charge in [-0.25, -0.2) is 0 Å². The first kappa shape index (κ1) is 30.4. The van der Waals surface area contributed by atoms with E-state index in [1.165, 1.54) is 38.4 Å². The molecule has 0 radical (unpaired) electrons. The van der Waals surface area contributed by atoms with Gasteiger partial charge in [-0.3, -0.25) is 19.2 Å². The Kier molecular flexibility index (Phi) is 8.99. The third kappa shape index (κ3) is 6.03. The molecule has 4 fully saturated rings. The first-order valence-corrected chi connectivity index (χ1v) is 16.8. The van der Waals surface area contributed by atoms with E-state index in [0.717, 1.165) is 50.6 Å². The number of amides is 3. The van der Waals surface area contributed by atoms with Gasteiger partial charge in [0.15, 0.2) is 0 Å². The highest BCUT2D eigenvalue weighted by atomic mass is 16.5. The highest BCUT2D eigenvalue weighted by Crippen LogP contribution is 2.52. The van der Waals surface area contributed by atoms with Crippen LogP contribution in [0, 0.1) is 23.2 Å². The van der Waals surface area contributed by atoms with E-state index in [2.05, 4.69) is 12.2 Å². The molecule has 0 spiro atoms. The fourth-order valence-electron chi connectivity index (χ4n) is 8.27. The summed E-state index contributed by atoms with van der Waals surface area (Å²) in [6.07, 6.45) is 15.7. The van der Waals surface area contributed by atoms with Crippen molar-refractivity contribution in [3.05, 3.63) is 23.4 Å². The van der Waals surface area contributed by atoms with Crippen LogP contribution < -0.4 is 0 Å². The molecule has 0 aromatic heterocycles. The Labute approximate surface area is 256 Å². The minimum atomic E-state index is -1.14. The van der Waals surface area contributed by atoms with Gasteiger partial charge in [0.1, 0.15) is 5.41 Å². The molecule has 2 saturated heterocycles. The van der Waals surface area contributed by atoms with E-state index in [1.807, 2.05) is 16.7 Å². The van der Waals surface area contributed by atoms with Gasteiger partial charge in [-0.15, -0.1) is 0 Å². The van der Waals surface area contributed by atoms with Crippen molar-refractivity contribution in [2.75, 3.05) is 39.8 Å². The van der Waals surface area contributed by atoms with Gasteiger partial charge in [-0.1, -0.05) is 24.5 Å². The lowest BCUT2D eigenvalue weighted by Crippen LogP contribution is -2.61. The van der Waals surface area contributed by atoms with Crippen LogP contribution in [0.25, 0.3) is 0 Å². The summed E-state index contributed by atoms with van der Waals surface area (Å²) in [7, 11) is 1.40. The summed E-state index contributed by atoms with van der Waals surface area (Å²) in [6.45, 7) is 4.46. The summed E-state index contributed by atoms with van der Waals surface area (Å²) in [6, 6.07) is 0. The van der Waals surface area contributed by atoms with Crippen molar-refractivity contribution in [2.24, 2.45) is 23.2 Å². The third-order valence-corrected chi connectivity index (χ3v) is 11.1. The number of piperidine rings is 1. The number of fused-ring (bicyclic) bond motifs is 1. The lowest BCUT2D eigenvalue weighted by molar-refractivity contribution is -0.178. The van der Waals surface area contributed by atoms with Gasteiger partial charge in [0.2, 0.25) is 17.7 Å². The van der Waals surface area contributed by atoms with E-state index in [1.54, 1.807) is 4.90 Å². The fraction of sp³-hybridized carbons (Fsp3) is 0.765. The number of ether oxygens (including phenoxy) is 2. The minimum absolute atomic E-state index is 0.0411. The number of hydrogen-bond acceptors (Lipinski definition) is 6. The molecular formula is C34H49N3O6. The molecule has 3 aliphatic heterocycles. The fourth-order valence-corrected chi connectivity index (χ4v) is 8.27. The molecule has 43 heavy (non-hydrogen) atoms. The topological polar surface area (TPSA) is 96.5 Å². The van der Waals surface area contributed by atoms with Crippen molar-refractivity contribution in [3.63, 3.8) is 0 Å². The molecular weight excluding hydrogens is 546 g/mol. The van der Waals surface area contributed by atoms with E-state index in [9.17, 15) is 19.2 Å². The molecule has 9 heteroatoms. The summed E-state index contributed by atoms with van der Waals surface area (Å²) < 4.78 is 12.1. The number of carbonyl (C=O) groups excluding carboxylic acids is 4. The Balaban J connectivity index is 1.25. The summed E-state index contributed by atoms with van der Waals surface area (Å²) >= 11 is 0. The first-order chi connectivity index (χ1) is 20.8. The Morgan fingerprint density at radius 1 is 1.00 bits per heavy atom. The van der Waals surface area contributed by atoms with Gasteiger partial charge < -0.3 is 24.2 Å². The zero-order chi connectivity index (χ0) is 30.1. The molecule has 0 bridgehead atoms. The van der Waals surface area contributed by atoms with Gasteiger partial charge in [0.25, 0.3) is 0 Å². The minimum Gasteiger partial charge on any atom is -0.468 e. The number of hydrogen-bond donors (Lipinski definition) is 0. The number of likely N-dealkylation sites (tertiary alicyclic amines) is 1. The predicted octanol–water partition coefficient (Wildman–Crippen LogP) is 4.22. The molecule has 0 unspecified atom stereocenters. The van der Waals surface area contributed by atoms with Gasteiger partial charge in [0.05, 0.1) is 19.3 Å². The highest BCUT2D eigenvalue weighted by molar-refractivity contribution is 5.93. The smallest absolute Gasteiger partial charge is 0.320 e. The van der Waals surface area contributed by atoms with Gasteiger partial charge in [-0.2, -0.15) is 0 Å². The molecule has 4 atom stereocenters. The van der Waals surface area contributed by atoms with Crippen molar-refractivity contribution in [3.8, 4) is 0 Å². The van der Waals surface area contributed by atoms with Gasteiger partial charge in [-0.05, 0) is 83.1 Å². The average Bonchev–Trinajstić information content (AvgIpc) is 3.74. The molecule has 6 aliphatic rings. The second-order valence-electron chi connectivity index (χ2n) is 13.7. The molecule has 2 saturated carbocycles. The summed E-state index contributed by atoms with van der Waals surface area (Å²) in [4.78, 5) is 59.8. The van der Waals surface area contributed by atoms with E-state index in [4.69, 9.17) is 9.47 Å². The van der Waals surface area contributed by atoms with Crippen LogP contribution in [0.3, 0.4) is 0 Å². The zero-order valence-electron chi connectivity index (χ0n) is 26.1. The van der Waals surface area contributed by atoms with Crippen molar-refractivity contribution in [1.82, 2.24) is 14.7 Å². The van der Waals surface area contributed by atoms with Crippen LogP contribution in [0.5, 0.6) is 0 Å². The van der Waals surface area contributed by atoms with Crippen LogP contribution in [0.2, 0.25) is 0 Å². The number of piperazine rings is 1. The van der Waals surface area contributed by atoms with Gasteiger partial charge >= 0.3 is 5.97 Å². The molecule has 3 amide bonds. The van der Waals surface area contributed by atoms with Crippen LogP contribution in [0.15, 0.2) is 23.4 Å². The lowest BCUT2D eigenvalue weighted by Gasteiger charge is -2.52. The van der Waals surface area contributed by atoms with E-state index >= 15 is 0 Å². The number of methoxy groups -OCH3 is 1. The van der Waals surface area contributed by atoms with E-state index in [-0.39, 0.29) is 42.6 Å². The standard InChI is InChI=1S/C34H49N3O6/c1-23-34(33(41)42-2)22-27(20-30(38)35-16-18-36(19-17-35)31(39)26-12-13-26)32(40)37(15-14-24-8-4-3-5-9-24)29(34)21-28(43-23)25-10-6-7-11-25/h8,21,23,25-28H,3-7,9-20,22H2,1-2H3/t23-,27+,28-,34+/m1/s1. The number of rotatable bonds is 8. The summed E-state index contributed by atoms with van der Waals surface area (Å²) in [5.74, 6) is -0.445. The van der Waals surface area contributed by atoms with Crippen LogP contribution >= 0.6 is 0 Å². The van der Waals surface area contributed by atoms with Gasteiger partial charge in [0, 0.05) is 56.7 Å². The van der Waals surface area contributed by atoms with Crippen LogP contribution in [0.1, 0.15) is 90.4 Å². The Morgan fingerprint density at radius 3 is 2.37 bits per heavy atom. The zero-order valence-corrected chi connectivity index (χ0v) is 26.1. The molecule has 3 aliphatic carbocycles. The van der Waals surface area contributed by atoms with Crippen LogP contribution in [-0.4, -0.2) is 90.4 Å². The largest absolute Gasteiger partial charge is 0.468 e. The molecule has 0 aromatic carbocycles. The van der Waals surface area contributed by atoms with Crippen molar-refractivity contribution in [2.45, 2.75) is 103 Å². The molecule has 6 rings (SSSR count). The molecule has 236 valence electrons. The first-order valence-electron chi connectivity index (χ1n) is 16.8. The second-order valence-corrected chi connectivity index (χ2v) is 13.7. The number of carbonyl (C=O) groups is 4. The summed E-state index contributed by atoms with van der Waals surface area (Å²) in [5, 5.41) is 0. The van der Waals surface area contributed by atoms with Crippen LogP contribution in [0.4, 0.5) is 0 Å². The monoisotopic (exact) mass is 595 g/mol. The Hall–Kier alpha value is -2.68. The summed E-state index contributed by atoms with van der Waals surface area (Å²) in [5.41, 5.74) is 0.957. The van der Waals surface area contributed by atoms with E-state index in [0.29, 0.717) is 38.6 Å². The predicted molar refractivity (Wildman–Crippen MR) is 160 cm³/mol. The molecule has 3 heterocycles. The average molecular weight is 596 g/mol. The number of nitrogens with zero attached hydrogens (tertiary/aromatic N) is 3. The Bertz CT molecular complexity index is 1160. The van der Waals surface area contributed by atoms with E-state index < -0.39 is 23.4 Å². The Morgan fingerprint density at radius 2 is 1.72 bits per heavy atom. The van der Waals surface area contributed by atoms with Crippen molar-refractivity contribution >= 4 is 23.7 Å². The normalized spacial score (nSPS) is 31.8.